The van der Waals surface area contributed by atoms with E-state index in [2.05, 4.69) is 32.0 Å². The Morgan fingerprint density at radius 3 is 2.44 bits per heavy atom. The molecule has 2 N–H and O–H groups in total. The summed E-state index contributed by atoms with van der Waals surface area (Å²) in [4.78, 5) is 0. The van der Waals surface area contributed by atoms with Crippen molar-refractivity contribution in [3.63, 3.8) is 0 Å². The Bertz CT molecular complexity index is 350. The molecule has 0 aromatic heterocycles. The molecule has 0 amide bonds. The van der Waals surface area contributed by atoms with E-state index >= 15 is 0 Å². The second kappa shape index (κ2) is 5.01. The lowest BCUT2D eigenvalue weighted by molar-refractivity contribution is 0.307. The third kappa shape index (κ3) is 2.46. The van der Waals surface area contributed by atoms with E-state index in [1.54, 1.807) is 0 Å². The van der Waals surface area contributed by atoms with Crippen molar-refractivity contribution < 1.29 is 0 Å². The van der Waals surface area contributed by atoms with Crippen molar-refractivity contribution in [3.8, 4) is 0 Å². The van der Waals surface area contributed by atoms with Crippen LogP contribution in [0.4, 0.5) is 0 Å². The Balaban J connectivity index is 2.15. The normalized spacial score (nSPS) is 19.7. The maximum atomic E-state index is 6.42. The fraction of sp³-hybridized carbons (Fsp3) is 0.600. The fourth-order valence-electron chi connectivity index (χ4n) is 2.95. The third-order valence-electron chi connectivity index (χ3n) is 3.94. The summed E-state index contributed by atoms with van der Waals surface area (Å²) in [7, 11) is 0. The van der Waals surface area contributed by atoms with Gasteiger partial charge in [-0.25, -0.2) is 0 Å². The molecule has 2 rings (SSSR count). The first-order valence-corrected chi connectivity index (χ1v) is 6.51. The quantitative estimate of drug-likeness (QED) is 0.799. The van der Waals surface area contributed by atoms with Gasteiger partial charge in [0.25, 0.3) is 0 Å². The first-order chi connectivity index (χ1) is 7.68. The fourth-order valence-corrected chi connectivity index (χ4v) is 2.95. The largest absolute Gasteiger partial charge is 0.324 e. The standard InChI is InChI=1S/C15H23N/c1-11-8-9-14(12(2)10-11)15(16)13-6-4-3-5-7-13/h8-10,13,15H,3-7,16H2,1-2H3. The number of aryl methyl sites for hydroxylation is 2. The highest BCUT2D eigenvalue weighted by molar-refractivity contribution is 5.33. The predicted molar refractivity (Wildman–Crippen MR) is 69.4 cm³/mol. The molecule has 88 valence electrons. The van der Waals surface area contributed by atoms with Crippen LogP contribution in [0.2, 0.25) is 0 Å². The molecule has 1 aliphatic carbocycles. The lowest BCUT2D eigenvalue weighted by Crippen LogP contribution is -2.24. The van der Waals surface area contributed by atoms with Crippen molar-refractivity contribution in [2.24, 2.45) is 11.7 Å². The first kappa shape index (κ1) is 11.7. The predicted octanol–water partition coefficient (Wildman–Crippen LogP) is 3.88. The van der Waals surface area contributed by atoms with Crippen molar-refractivity contribution in [1.82, 2.24) is 0 Å². The van der Waals surface area contributed by atoms with Crippen LogP contribution < -0.4 is 5.73 Å². The maximum Gasteiger partial charge on any atom is 0.0326 e. The van der Waals surface area contributed by atoms with Gasteiger partial charge in [0.2, 0.25) is 0 Å². The summed E-state index contributed by atoms with van der Waals surface area (Å²) >= 11 is 0. The molecule has 0 radical (unpaired) electrons. The van der Waals surface area contributed by atoms with Crippen LogP contribution in [0.1, 0.15) is 54.8 Å². The average Bonchev–Trinajstić information content (AvgIpc) is 2.29. The second-order valence-electron chi connectivity index (χ2n) is 5.28. The van der Waals surface area contributed by atoms with E-state index in [4.69, 9.17) is 5.73 Å². The van der Waals surface area contributed by atoms with Gasteiger partial charge in [-0.1, -0.05) is 43.0 Å². The molecular weight excluding hydrogens is 194 g/mol. The molecule has 0 spiro atoms. The highest BCUT2D eigenvalue weighted by atomic mass is 14.7. The van der Waals surface area contributed by atoms with Crippen LogP contribution in [0.3, 0.4) is 0 Å². The van der Waals surface area contributed by atoms with Gasteiger partial charge in [-0.15, -0.1) is 0 Å². The van der Waals surface area contributed by atoms with Crippen LogP contribution >= 0.6 is 0 Å². The Morgan fingerprint density at radius 2 is 1.81 bits per heavy atom. The number of hydrogen-bond donors (Lipinski definition) is 1. The Morgan fingerprint density at radius 1 is 1.12 bits per heavy atom. The average molecular weight is 217 g/mol. The van der Waals surface area contributed by atoms with Crippen LogP contribution in [0.5, 0.6) is 0 Å². The zero-order chi connectivity index (χ0) is 11.5. The SMILES string of the molecule is Cc1ccc(C(N)C2CCCCC2)c(C)c1. The molecule has 0 aliphatic heterocycles. The van der Waals surface area contributed by atoms with E-state index in [0.29, 0.717) is 5.92 Å². The van der Waals surface area contributed by atoms with Crippen molar-refractivity contribution >= 4 is 0 Å². The molecule has 0 bridgehead atoms. The van der Waals surface area contributed by atoms with Gasteiger partial charge in [-0.2, -0.15) is 0 Å². The van der Waals surface area contributed by atoms with Gasteiger partial charge in [0.1, 0.15) is 0 Å². The molecule has 0 saturated heterocycles. The van der Waals surface area contributed by atoms with Gasteiger partial charge in [0.15, 0.2) is 0 Å². The van der Waals surface area contributed by atoms with Gasteiger partial charge in [-0.05, 0) is 43.7 Å². The van der Waals surface area contributed by atoms with E-state index in [0.717, 1.165) is 0 Å². The molecule has 1 nitrogen and oxygen atoms in total. The number of hydrogen-bond acceptors (Lipinski definition) is 1. The Hall–Kier alpha value is -0.820. The van der Waals surface area contributed by atoms with Crippen molar-refractivity contribution in [2.75, 3.05) is 0 Å². The lowest BCUT2D eigenvalue weighted by atomic mass is 9.80. The molecule has 1 saturated carbocycles. The van der Waals surface area contributed by atoms with Crippen LogP contribution in [-0.4, -0.2) is 0 Å². The molecule has 1 aromatic carbocycles. The smallest absolute Gasteiger partial charge is 0.0326 e. The number of benzene rings is 1. The summed E-state index contributed by atoms with van der Waals surface area (Å²) in [6.45, 7) is 4.33. The highest BCUT2D eigenvalue weighted by Gasteiger charge is 2.22. The van der Waals surface area contributed by atoms with Gasteiger partial charge in [0.05, 0.1) is 0 Å². The van der Waals surface area contributed by atoms with E-state index in [-0.39, 0.29) is 6.04 Å². The molecule has 1 aliphatic rings. The van der Waals surface area contributed by atoms with E-state index in [1.807, 2.05) is 0 Å². The van der Waals surface area contributed by atoms with Crippen LogP contribution in [0.25, 0.3) is 0 Å². The van der Waals surface area contributed by atoms with Crippen molar-refractivity contribution in [1.29, 1.82) is 0 Å². The summed E-state index contributed by atoms with van der Waals surface area (Å²) in [6.07, 6.45) is 6.76. The summed E-state index contributed by atoms with van der Waals surface area (Å²) in [5, 5.41) is 0. The minimum absolute atomic E-state index is 0.251. The van der Waals surface area contributed by atoms with Gasteiger partial charge in [-0.3, -0.25) is 0 Å². The topological polar surface area (TPSA) is 26.0 Å². The van der Waals surface area contributed by atoms with E-state index < -0.39 is 0 Å². The molecule has 16 heavy (non-hydrogen) atoms. The zero-order valence-electron chi connectivity index (χ0n) is 10.5. The molecule has 0 heterocycles. The number of rotatable bonds is 2. The van der Waals surface area contributed by atoms with Gasteiger partial charge < -0.3 is 5.73 Å². The monoisotopic (exact) mass is 217 g/mol. The Labute approximate surface area is 99.0 Å². The lowest BCUT2D eigenvalue weighted by Gasteiger charge is -2.28. The van der Waals surface area contributed by atoms with E-state index in [1.165, 1.54) is 48.8 Å². The maximum absolute atomic E-state index is 6.42. The van der Waals surface area contributed by atoms with Crippen LogP contribution in [0.15, 0.2) is 18.2 Å². The van der Waals surface area contributed by atoms with E-state index in [9.17, 15) is 0 Å². The summed E-state index contributed by atoms with van der Waals surface area (Å²) in [5.41, 5.74) is 10.5. The van der Waals surface area contributed by atoms with Crippen LogP contribution in [0, 0.1) is 19.8 Å². The number of nitrogens with two attached hydrogens (primary N) is 1. The van der Waals surface area contributed by atoms with Gasteiger partial charge in [0, 0.05) is 6.04 Å². The second-order valence-corrected chi connectivity index (χ2v) is 5.28. The minimum atomic E-state index is 0.251. The van der Waals surface area contributed by atoms with Crippen LogP contribution in [-0.2, 0) is 0 Å². The Kier molecular flexibility index (Phi) is 3.65. The third-order valence-corrected chi connectivity index (χ3v) is 3.94. The summed E-state index contributed by atoms with van der Waals surface area (Å²) < 4.78 is 0. The molecular formula is C15H23N. The molecule has 1 unspecified atom stereocenters. The highest BCUT2D eigenvalue weighted by Crippen LogP contribution is 2.34. The zero-order valence-corrected chi connectivity index (χ0v) is 10.5. The molecule has 1 aromatic rings. The van der Waals surface area contributed by atoms with Crippen molar-refractivity contribution in [3.05, 3.63) is 34.9 Å². The molecule has 1 heteroatoms. The first-order valence-electron chi connectivity index (χ1n) is 6.51. The summed E-state index contributed by atoms with van der Waals surface area (Å²) in [5.74, 6) is 0.704. The van der Waals surface area contributed by atoms with Gasteiger partial charge >= 0.3 is 0 Å². The summed E-state index contributed by atoms with van der Waals surface area (Å²) in [6, 6.07) is 6.91. The molecule has 1 atom stereocenters. The molecule has 1 fully saturated rings. The van der Waals surface area contributed by atoms with Crippen molar-refractivity contribution in [2.45, 2.75) is 52.0 Å². The minimum Gasteiger partial charge on any atom is -0.324 e.